The maximum atomic E-state index is 13.3. The van der Waals surface area contributed by atoms with Gasteiger partial charge in [-0.1, -0.05) is 66.7 Å². The molecule has 6 rings (SSSR count). The Kier molecular flexibility index (Phi) is 4.71. The van der Waals surface area contributed by atoms with Gasteiger partial charge in [-0.05, 0) is 70.1 Å². The highest BCUT2D eigenvalue weighted by molar-refractivity contribution is 6.10. The lowest BCUT2D eigenvalue weighted by atomic mass is 9.90. The molecule has 1 unspecified atom stereocenters. The second-order valence-corrected chi connectivity index (χ2v) is 9.26. The zero-order valence-electron chi connectivity index (χ0n) is 19.2. The van der Waals surface area contributed by atoms with Gasteiger partial charge in [0.25, 0.3) is 5.91 Å². The Morgan fingerprint density at radius 2 is 1.63 bits per heavy atom. The predicted octanol–water partition coefficient (Wildman–Crippen LogP) is 4.82. The minimum absolute atomic E-state index is 0.356. The van der Waals surface area contributed by atoms with E-state index in [0.717, 1.165) is 27.7 Å². The average Bonchev–Trinajstić information content (AvgIpc) is 3.33. The number of carbonyl (C=O) groups excluding carboxylic acids is 3. The third-order valence-corrected chi connectivity index (χ3v) is 6.98. The van der Waals surface area contributed by atoms with Crippen LogP contribution in [0, 0.1) is 0 Å². The SMILES string of the molecule is CC1(c2ccc3ccccc3c2)NC(=O)N(CC(=O)Nc2ccc3c(c2)Cc2ccccc2-3)C1=O. The van der Waals surface area contributed by atoms with Gasteiger partial charge in [0.1, 0.15) is 12.1 Å². The molecule has 0 saturated carbocycles. The van der Waals surface area contributed by atoms with E-state index in [1.165, 1.54) is 16.7 Å². The molecule has 1 heterocycles. The number of imide groups is 1. The summed E-state index contributed by atoms with van der Waals surface area (Å²) in [4.78, 5) is 39.8. The number of amides is 4. The first kappa shape index (κ1) is 21.1. The summed E-state index contributed by atoms with van der Waals surface area (Å²) in [6, 6.07) is 27.0. The van der Waals surface area contributed by atoms with Gasteiger partial charge in [0, 0.05) is 5.69 Å². The maximum Gasteiger partial charge on any atom is 0.325 e. The van der Waals surface area contributed by atoms with Crippen LogP contribution in [-0.4, -0.2) is 29.3 Å². The van der Waals surface area contributed by atoms with E-state index >= 15 is 0 Å². The van der Waals surface area contributed by atoms with E-state index < -0.39 is 23.4 Å². The molecule has 0 aromatic heterocycles. The third-order valence-electron chi connectivity index (χ3n) is 6.98. The summed E-state index contributed by atoms with van der Waals surface area (Å²) in [5, 5.41) is 7.65. The lowest BCUT2D eigenvalue weighted by molar-refractivity contribution is -0.133. The Labute approximate surface area is 202 Å². The van der Waals surface area contributed by atoms with Crippen molar-refractivity contribution in [1.82, 2.24) is 10.2 Å². The minimum atomic E-state index is -1.24. The van der Waals surface area contributed by atoms with E-state index in [4.69, 9.17) is 0 Å². The molecule has 0 radical (unpaired) electrons. The van der Waals surface area contributed by atoms with E-state index in [1.807, 2.05) is 72.8 Å². The van der Waals surface area contributed by atoms with Crippen LogP contribution in [0.25, 0.3) is 21.9 Å². The summed E-state index contributed by atoms with van der Waals surface area (Å²) in [7, 11) is 0. The highest BCUT2D eigenvalue weighted by Crippen LogP contribution is 2.37. The number of hydrogen-bond donors (Lipinski definition) is 2. The van der Waals surface area contributed by atoms with Gasteiger partial charge in [-0.15, -0.1) is 0 Å². The molecule has 6 heteroatoms. The highest BCUT2D eigenvalue weighted by atomic mass is 16.2. The molecule has 1 aliphatic carbocycles. The topological polar surface area (TPSA) is 78.5 Å². The quantitative estimate of drug-likeness (QED) is 0.377. The standard InChI is InChI=1S/C29H23N3O3/c1-29(22-11-10-18-6-2-3-7-19(18)15-22)27(34)32(28(35)31-29)17-26(33)30-23-12-13-25-21(16-23)14-20-8-4-5-9-24(20)25/h2-13,15-16H,14,17H2,1H3,(H,30,33)(H,31,35). The van der Waals surface area contributed by atoms with Crippen LogP contribution in [0.2, 0.25) is 0 Å². The van der Waals surface area contributed by atoms with Crippen molar-refractivity contribution in [3.8, 4) is 11.1 Å². The van der Waals surface area contributed by atoms with Gasteiger partial charge in [-0.25, -0.2) is 4.79 Å². The molecule has 1 atom stereocenters. The lowest BCUT2D eigenvalue weighted by Gasteiger charge is -2.22. The van der Waals surface area contributed by atoms with Gasteiger partial charge in [0.15, 0.2) is 0 Å². The molecule has 1 fully saturated rings. The largest absolute Gasteiger partial charge is 0.325 e. The van der Waals surface area contributed by atoms with Crippen LogP contribution in [0.1, 0.15) is 23.6 Å². The van der Waals surface area contributed by atoms with Crippen molar-refractivity contribution >= 4 is 34.3 Å². The molecule has 35 heavy (non-hydrogen) atoms. The second-order valence-electron chi connectivity index (χ2n) is 9.26. The van der Waals surface area contributed by atoms with Crippen molar-refractivity contribution in [1.29, 1.82) is 0 Å². The van der Waals surface area contributed by atoms with E-state index in [-0.39, 0.29) is 6.54 Å². The Balaban J connectivity index is 1.18. The highest BCUT2D eigenvalue weighted by Gasteiger charge is 2.49. The van der Waals surface area contributed by atoms with Crippen LogP contribution in [0.5, 0.6) is 0 Å². The van der Waals surface area contributed by atoms with Gasteiger partial charge in [0.05, 0.1) is 0 Å². The summed E-state index contributed by atoms with van der Waals surface area (Å²) in [5.74, 6) is -0.871. The van der Waals surface area contributed by atoms with E-state index in [0.29, 0.717) is 11.3 Å². The Hall–Kier alpha value is -4.45. The minimum Gasteiger partial charge on any atom is -0.325 e. The van der Waals surface area contributed by atoms with Gasteiger partial charge in [-0.3, -0.25) is 14.5 Å². The van der Waals surface area contributed by atoms with Crippen LogP contribution >= 0.6 is 0 Å². The lowest BCUT2D eigenvalue weighted by Crippen LogP contribution is -2.42. The van der Waals surface area contributed by atoms with Crippen molar-refractivity contribution in [2.24, 2.45) is 0 Å². The Morgan fingerprint density at radius 3 is 2.49 bits per heavy atom. The number of hydrogen-bond acceptors (Lipinski definition) is 3. The maximum absolute atomic E-state index is 13.3. The number of anilines is 1. The molecule has 1 aliphatic heterocycles. The fourth-order valence-corrected chi connectivity index (χ4v) is 5.10. The molecule has 2 aliphatic rings. The van der Waals surface area contributed by atoms with Gasteiger partial charge in [-0.2, -0.15) is 0 Å². The number of carbonyl (C=O) groups is 3. The fourth-order valence-electron chi connectivity index (χ4n) is 5.10. The van der Waals surface area contributed by atoms with Crippen LogP contribution < -0.4 is 10.6 Å². The predicted molar refractivity (Wildman–Crippen MR) is 135 cm³/mol. The van der Waals surface area contributed by atoms with Gasteiger partial charge < -0.3 is 10.6 Å². The summed E-state index contributed by atoms with van der Waals surface area (Å²) in [6.07, 6.45) is 0.812. The van der Waals surface area contributed by atoms with Crippen LogP contribution in [0.3, 0.4) is 0 Å². The second kappa shape index (κ2) is 7.81. The van der Waals surface area contributed by atoms with Crippen molar-refractivity contribution in [3.63, 3.8) is 0 Å². The molecule has 4 amide bonds. The van der Waals surface area contributed by atoms with Gasteiger partial charge >= 0.3 is 6.03 Å². The average molecular weight is 462 g/mol. The first-order valence-corrected chi connectivity index (χ1v) is 11.6. The fraction of sp³-hybridized carbons (Fsp3) is 0.138. The van der Waals surface area contributed by atoms with E-state index in [2.05, 4.69) is 22.8 Å². The molecule has 172 valence electrons. The number of nitrogens with zero attached hydrogens (tertiary/aromatic N) is 1. The molecule has 4 aromatic rings. The number of rotatable bonds is 4. The smallest absolute Gasteiger partial charge is 0.325 e. The Morgan fingerprint density at radius 1 is 0.886 bits per heavy atom. The molecule has 2 N–H and O–H groups in total. The molecule has 6 nitrogen and oxygen atoms in total. The van der Waals surface area contributed by atoms with E-state index in [9.17, 15) is 14.4 Å². The normalized spacial score (nSPS) is 18.4. The summed E-state index contributed by atoms with van der Waals surface area (Å²) in [5.41, 5.74) is 4.87. The molecule has 0 spiro atoms. The number of fused-ring (bicyclic) bond motifs is 4. The summed E-state index contributed by atoms with van der Waals surface area (Å²) < 4.78 is 0. The Bertz CT molecular complexity index is 1540. The number of benzene rings is 4. The summed E-state index contributed by atoms with van der Waals surface area (Å²) in [6.45, 7) is 1.32. The van der Waals surface area contributed by atoms with Crippen molar-refractivity contribution in [2.75, 3.05) is 11.9 Å². The molecular weight excluding hydrogens is 438 g/mol. The van der Waals surface area contributed by atoms with Crippen molar-refractivity contribution in [2.45, 2.75) is 18.9 Å². The number of nitrogens with one attached hydrogen (secondary N) is 2. The van der Waals surface area contributed by atoms with Gasteiger partial charge in [0.2, 0.25) is 5.91 Å². The third kappa shape index (κ3) is 3.46. The zero-order chi connectivity index (χ0) is 24.2. The summed E-state index contributed by atoms with van der Waals surface area (Å²) >= 11 is 0. The van der Waals surface area contributed by atoms with Crippen molar-refractivity contribution < 1.29 is 14.4 Å². The van der Waals surface area contributed by atoms with E-state index in [1.54, 1.807) is 6.92 Å². The first-order chi connectivity index (χ1) is 16.9. The molecule has 4 aromatic carbocycles. The molecular formula is C29H23N3O3. The van der Waals surface area contributed by atoms with Crippen LogP contribution in [0.4, 0.5) is 10.5 Å². The first-order valence-electron chi connectivity index (χ1n) is 11.6. The van der Waals surface area contributed by atoms with Crippen LogP contribution in [0.15, 0.2) is 84.9 Å². The molecule has 0 bridgehead atoms. The number of urea groups is 1. The molecule has 1 saturated heterocycles. The zero-order valence-corrected chi connectivity index (χ0v) is 19.2. The monoisotopic (exact) mass is 461 g/mol. The van der Waals surface area contributed by atoms with Crippen molar-refractivity contribution in [3.05, 3.63) is 102 Å². The van der Waals surface area contributed by atoms with Crippen LogP contribution in [-0.2, 0) is 21.5 Å².